The highest BCUT2D eigenvalue weighted by Crippen LogP contribution is 2.38. The maximum Gasteiger partial charge on any atom is 0.338 e. The number of carbonyl (C=O) groups is 2. The van der Waals surface area contributed by atoms with E-state index < -0.39 is 16.4 Å². The van der Waals surface area contributed by atoms with E-state index in [1.54, 1.807) is 6.07 Å². The molecule has 1 aliphatic heterocycles. The Balaban J connectivity index is 2.53. The monoisotopic (exact) mass is 335 g/mol. The van der Waals surface area contributed by atoms with E-state index in [1.165, 1.54) is 32.0 Å². The van der Waals surface area contributed by atoms with Crippen molar-refractivity contribution in [3.05, 3.63) is 45.5 Å². The van der Waals surface area contributed by atoms with Crippen LogP contribution in [0, 0.1) is 10.1 Å². The molecule has 1 aromatic carbocycles. The molecule has 23 heavy (non-hydrogen) atoms. The second kappa shape index (κ2) is 6.61. The van der Waals surface area contributed by atoms with Crippen LogP contribution in [0.2, 0.25) is 0 Å². The first kappa shape index (κ1) is 16.7. The number of aliphatic imine (C=N–C) groups is 1. The van der Waals surface area contributed by atoms with E-state index in [0.717, 1.165) is 11.8 Å². The highest BCUT2D eigenvalue weighted by atomic mass is 32.2. The van der Waals surface area contributed by atoms with Crippen molar-refractivity contribution in [2.24, 2.45) is 4.99 Å². The summed E-state index contributed by atoms with van der Waals surface area (Å²) >= 11 is 1.03. The van der Waals surface area contributed by atoms with E-state index >= 15 is 0 Å². The Kier molecular flexibility index (Phi) is 4.80. The first-order chi connectivity index (χ1) is 10.8. The van der Waals surface area contributed by atoms with Crippen molar-refractivity contribution < 1.29 is 19.6 Å². The SMILES string of the molecule is CC(=O)NC1N=C(C)C(C(=O)O)=C(c2cccc([N+](=O)[O-])c2)S1. The van der Waals surface area contributed by atoms with Crippen molar-refractivity contribution in [1.82, 2.24) is 5.32 Å². The average Bonchev–Trinajstić information content (AvgIpc) is 2.45. The van der Waals surface area contributed by atoms with Crippen LogP contribution < -0.4 is 5.32 Å². The molecular weight excluding hydrogens is 322 g/mol. The van der Waals surface area contributed by atoms with Gasteiger partial charge in [-0.05, 0) is 12.5 Å². The highest BCUT2D eigenvalue weighted by Gasteiger charge is 2.28. The zero-order valence-corrected chi connectivity index (χ0v) is 13.1. The maximum atomic E-state index is 11.5. The predicted molar refractivity (Wildman–Crippen MR) is 86.0 cm³/mol. The van der Waals surface area contributed by atoms with Gasteiger partial charge in [-0.15, -0.1) is 0 Å². The summed E-state index contributed by atoms with van der Waals surface area (Å²) in [6.45, 7) is 2.85. The molecule has 2 rings (SSSR count). The molecule has 0 fully saturated rings. The van der Waals surface area contributed by atoms with Crippen molar-refractivity contribution in [2.45, 2.75) is 19.3 Å². The molecule has 1 atom stereocenters. The van der Waals surface area contributed by atoms with E-state index in [2.05, 4.69) is 10.3 Å². The van der Waals surface area contributed by atoms with Crippen LogP contribution in [0.1, 0.15) is 19.4 Å². The Labute approximate surface area is 135 Å². The third-order valence-electron chi connectivity index (χ3n) is 2.99. The molecule has 0 spiro atoms. The second-order valence-electron chi connectivity index (χ2n) is 4.70. The zero-order chi connectivity index (χ0) is 17.1. The van der Waals surface area contributed by atoms with E-state index in [4.69, 9.17) is 0 Å². The maximum absolute atomic E-state index is 11.5. The fourth-order valence-electron chi connectivity index (χ4n) is 2.06. The van der Waals surface area contributed by atoms with Crippen molar-refractivity contribution >= 4 is 39.9 Å². The molecule has 1 heterocycles. The van der Waals surface area contributed by atoms with Crippen molar-refractivity contribution in [1.29, 1.82) is 0 Å². The molecule has 1 aromatic rings. The summed E-state index contributed by atoms with van der Waals surface area (Å²) in [5.74, 6) is -1.49. The molecule has 1 aliphatic rings. The van der Waals surface area contributed by atoms with Gasteiger partial charge in [0.15, 0.2) is 5.50 Å². The van der Waals surface area contributed by atoms with Gasteiger partial charge in [0, 0.05) is 24.0 Å². The van der Waals surface area contributed by atoms with Gasteiger partial charge in [0.25, 0.3) is 5.69 Å². The second-order valence-corrected chi connectivity index (χ2v) is 5.79. The molecule has 0 aromatic heterocycles. The molecule has 0 saturated carbocycles. The van der Waals surface area contributed by atoms with E-state index in [-0.39, 0.29) is 22.9 Å². The predicted octanol–water partition coefficient (Wildman–Crippen LogP) is 2.02. The molecule has 0 radical (unpaired) electrons. The Morgan fingerprint density at radius 3 is 2.70 bits per heavy atom. The van der Waals surface area contributed by atoms with Gasteiger partial charge in [-0.2, -0.15) is 0 Å². The van der Waals surface area contributed by atoms with E-state index in [9.17, 15) is 24.8 Å². The van der Waals surface area contributed by atoms with Crippen LogP contribution in [0.4, 0.5) is 5.69 Å². The molecule has 9 heteroatoms. The number of carboxylic acids is 1. The van der Waals surface area contributed by atoms with Crippen LogP contribution in [0.3, 0.4) is 0 Å². The van der Waals surface area contributed by atoms with Gasteiger partial charge in [-0.25, -0.2) is 4.79 Å². The van der Waals surface area contributed by atoms with Crippen LogP contribution in [0.15, 0.2) is 34.8 Å². The lowest BCUT2D eigenvalue weighted by Gasteiger charge is -2.23. The number of thioether (sulfide) groups is 1. The van der Waals surface area contributed by atoms with Crippen LogP contribution in [0.5, 0.6) is 0 Å². The topological polar surface area (TPSA) is 122 Å². The lowest BCUT2D eigenvalue weighted by molar-refractivity contribution is -0.384. The zero-order valence-electron chi connectivity index (χ0n) is 12.3. The molecule has 0 aliphatic carbocycles. The number of aliphatic carboxylic acids is 1. The van der Waals surface area contributed by atoms with Gasteiger partial charge in [0.2, 0.25) is 5.91 Å². The largest absolute Gasteiger partial charge is 0.478 e. The fourth-order valence-corrected chi connectivity index (χ4v) is 3.34. The number of nitro benzene ring substituents is 1. The highest BCUT2D eigenvalue weighted by molar-refractivity contribution is 8.09. The summed E-state index contributed by atoms with van der Waals surface area (Å²) in [7, 11) is 0. The van der Waals surface area contributed by atoms with Gasteiger partial charge in [0.1, 0.15) is 0 Å². The van der Waals surface area contributed by atoms with Crippen LogP contribution in [-0.4, -0.2) is 33.1 Å². The summed E-state index contributed by atoms with van der Waals surface area (Å²) < 4.78 is 0. The van der Waals surface area contributed by atoms with Crippen LogP contribution >= 0.6 is 11.8 Å². The van der Waals surface area contributed by atoms with Gasteiger partial charge >= 0.3 is 5.97 Å². The summed E-state index contributed by atoms with van der Waals surface area (Å²) in [6, 6.07) is 5.69. The number of non-ortho nitro benzene ring substituents is 1. The van der Waals surface area contributed by atoms with Gasteiger partial charge in [-0.3, -0.25) is 19.9 Å². The smallest absolute Gasteiger partial charge is 0.338 e. The number of rotatable bonds is 4. The van der Waals surface area contributed by atoms with Gasteiger partial charge in [-0.1, -0.05) is 23.9 Å². The van der Waals surface area contributed by atoms with Gasteiger partial charge < -0.3 is 10.4 Å². The molecule has 0 bridgehead atoms. The molecule has 1 amide bonds. The lowest BCUT2D eigenvalue weighted by atomic mass is 10.1. The Bertz CT molecular complexity index is 757. The van der Waals surface area contributed by atoms with Crippen LogP contribution in [-0.2, 0) is 9.59 Å². The lowest BCUT2D eigenvalue weighted by Crippen LogP contribution is -2.32. The van der Waals surface area contributed by atoms with Crippen molar-refractivity contribution in [3.8, 4) is 0 Å². The number of benzene rings is 1. The third kappa shape index (κ3) is 3.75. The summed E-state index contributed by atoms with van der Waals surface area (Å²) in [6.07, 6.45) is 0. The molecular formula is C14H13N3O5S. The molecule has 2 N–H and O–H groups in total. The van der Waals surface area contributed by atoms with Crippen molar-refractivity contribution in [3.63, 3.8) is 0 Å². The average molecular weight is 335 g/mol. The fraction of sp³-hybridized carbons (Fsp3) is 0.214. The van der Waals surface area contributed by atoms with Gasteiger partial charge in [0.05, 0.1) is 16.2 Å². The Morgan fingerprint density at radius 2 is 2.13 bits per heavy atom. The standard InChI is InChI=1S/C14H13N3O5S/c1-7-11(13(19)20)12(23-14(15-7)16-8(2)18)9-4-3-5-10(6-9)17(21)22/h3-6,14H,1-2H3,(H,16,18)(H,19,20). The normalized spacial score (nSPS) is 17.5. The Hall–Kier alpha value is -2.68. The first-order valence-electron chi connectivity index (χ1n) is 6.50. The van der Waals surface area contributed by atoms with E-state index in [0.29, 0.717) is 10.5 Å². The number of hydrogen-bond acceptors (Lipinski definition) is 6. The molecule has 8 nitrogen and oxygen atoms in total. The van der Waals surface area contributed by atoms with E-state index in [1.807, 2.05) is 0 Å². The Morgan fingerprint density at radius 1 is 1.43 bits per heavy atom. The number of nitro groups is 1. The minimum absolute atomic E-state index is 0.0305. The van der Waals surface area contributed by atoms with Crippen LogP contribution in [0.25, 0.3) is 4.91 Å². The number of amides is 1. The minimum atomic E-state index is -1.18. The molecule has 120 valence electrons. The number of carbonyl (C=O) groups excluding carboxylic acids is 1. The number of nitrogens with zero attached hydrogens (tertiary/aromatic N) is 2. The minimum Gasteiger partial charge on any atom is -0.478 e. The number of carboxylic acid groups (broad SMARTS) is 1. The first-order valence-corrected chi connectivity index (χ1v) is 7.38. The number of nitrogens with one attached hydrogen (secondary N) is 1. The molecule has 0 saturated heterocycles. The van der Waals surface area contributed by atoms with Crippen molar-refractivity contribution in [2.75, 3.05) is 0 Å². The summed E-state index contributed by atoms with van der Waals surface area (Å²) in [5, 5.41) is 22.9. The molecule has 1 unspecified atom stereocenters. The number of hydrogen-bond donors (Lipinski definition) is 2. The summed E-state index contributed by atoms with van der Waals surface area (Å²) in [4.78, 5) is 37.5. The summed E-state index contributed by atoms with van der Waals surface area (Å²) in [5.41, 5.74) is -0.207. The third-order valence-corrected chi connectivity index (χ3v) is 4.11. The quantitative estimate of drug-likeness (QED) is 0.641.